The van der Waals surface area contributed by atoms with Crippen molar-refractivity contribution in [2.45, 2.75) is 9.79 Å². The van der Waals surface area contributed by atoms with Gasteiger partial charge in [0.1, 0.15) is 22.6 Å². The van der Waals surface area contributed by atoms with Crippen LogP contribution in [0.5, 0.6) is 11.5 Å². The van der Waals surface area contributed by atoms with Crippen LogP contribution in [-0.4, -0.2) is 24.1 Å². The molecule has 0 amide bonds. The molecular formula is C26H22N4O6S. The second-order valence-corrected chi connectivity index (χ2v) is 8.85. The highest BCUT2D eigenvalue weighted by Gasteiger charge is 2.31. The predicted octanol–water partition coefficient (Wildman–Crippen LogP) is 6.17. The number of benzene rings is 4. The molecule has 0 atom stereocenters. The fourth-order valence-corrected chi connectivity index (χ4v) is 5.12. The summed E-state index contributed by atoms with van der Waals surface area (Å²) in [6, 6.07) is 19.5. The van der Waals surface area contributed by atoms with Crippen molar-refractivity contribution in [3.8, 4) is 33.8 Å². The van der Waals surface area contributed by atoms with Crippen LogP contribution in [0.25, 0.3) is 22.3 Å². The van der Waals surface area contributed by atoms with Gasteiger partial charge in [0.15, 0.2) is 0 Å². The predicted molar refractivity (Wildman–Crippen MR) is 143 cm³/mol. The Kier molecular flexibility index (Phi) is 7.16. The average Bonchev–Trinajstić information content (AvgIpc) is 2.88. The number of hydrogen-bond donors (Lipinski definition) is 2. The van der Waals surface area contributed by atoms with Crippen molar-refractivity contribution in [2.75, 3.05) is 25.7 Å². The van der Waals surface area contributed by atoms with E-state index in [1.807, 2.05) is 0 Å². The third-order valence-corrected chi connectivity index (χ3v) is 6.79. The number of para-hydroxylation sites is 2. The summed E-state index contributed by atoms with van der Waals surface area (Å²) in [4.78, 5) is 24.0. The molecule has 0 aromatic heterocycles. The summed E-state index contributed by atoms with van der Waals surface area (Å²) in [5, 5.41) is 24.7. The van der Waals surface area contributed by atoms with Gasteiger partial charge in [-0.3, -0.25) is 20.2 Å². The van der Waals surface area contributed by atoms with Gasteiger partial charge in [0.2, 0.25) is 0 Å². The molecule has 4 aromatic carbocycles. The lowest BCUT2D eigenvalue weighted by Crippen LogP contribution is -2.02. The topological polar surface area (TPSA) is 157 Å². The van der Waals surface area contributed by atoms with E-state index in [0.717, 1.165) is 11.8 Å². The summed E-state index contributed by atoms with van der Waals surface area (Å²) in [7, 11) is 2.80. The third-order valence-electron chi connectivity index (χ3n) is 5.69. The number of ether oxygens (including phenoxy) is 2. The Labute approximate surface area is 216 Å². The molecule has 0 saturated heterocycles. The van der Waals surface area contributed by atoms with Crippen molar-refractivity contribution in [3.63, 3.8) is 0 Å². The summed E-state index contributed by atoms with van der Waals surface area (Å²) in [5.74, 6) is 0.492. The first-order chi connectivity index (χ1) is 17.8. The van der Waals surface area contributed by atoms with E-state index in [1.165, 1.54) is 26.4 Å². The minimum Gasteiger partial charge on any atom is -0.496 e. The van der Waals surface area contributed by atoms with Crippen LogP contribution in [0.3, 0.4) is 0 Å². The van der Waals surface area contributed by atoms with Crippen LogP contribution in [0.2, 0.25) is 0 Å². The number of nitrogen functional groups attached to an aromatic ring is 2. The Morgan fingerprint density at radius 2 is 1.03 bits per heavy atom. The van der Waals surface area contributed by atoms with Crippen molar-refractivity contribution in [1.29, 1.82) is 0 Å². The molecule has 4 rings (SSSR count). The maximum absolute atomic E-state index is 12.4. The number of nitro benzene ring substituents is 2. The highest BCUT2D eigenvalue weighted by molar-refractivity contribution is 7.99. The third kappa shape index (κ3) is 4.71. The van der Waals surface area contributed by atoms with Crippen molar-refractivity contribution in [1.82, 2.24) is 0 Å². The van der Waals surface area contributed by atoms with Gasteiger partial charge in [-0.05, 0) is 36.4 Å². The maximum Gasteiger partial charge on any atom is 0.294 e. The quantitative estimate of drug-likeness (QED) is 0.158. The van der Waals surface area contributed by atoms with E-state index in [-0.39, 0.29) is 43.8 Å². The molecule has 0 heterocycles. The largest absolute Gasteiger partial charge is 0.496 e. The van der Waals surface area contributed by atoms with Gasteiger partial charge in [-0.25, -0.2) is 0 Å². The van der Waals surface area contributed by atoms with Crippen LogP contribution in [0, 0.1) is 20.2 Å². The molecule has 0 aliphatic rings. The van der Waals surface area contributed by atoms with Gasteiger partial charge < -0.3 is 20.9 Å². The average molecular weight is 519 g/mol. The SMILES string of the molecule is COc1ccc(Sc2ccc(OC)c(-c3ccccc3N)c2[N+](=O)[O-])c([N+](=O)[O-])c1-c1ccccc1N. The molecule has 0 bridgehead atoms. The molecule has 4 N–H and O–H groups in total. The Morgan fingerprint density at radius 1 is 0.649 bits per heavy atom. The zero-order valence-corrected chi connectivity index (χ0v) is 20.7. The maximum atomic E-state index is 12.4. The molecule has 0 unspecified atom stereocenters. The van der Waals surface area contributed by atoms with Crippen LogP contribution < -0.4 is 20.9 Å². The second-order valence-electron chi connectivity index (χ2n) is 7.77. The summed E-state index contributed by atoms with van der Waals surface area (Å²) >= 11 is 0.889. The van der Waals surface area contributed by atoms with E-state index in [0.29, 0.717) is 22.5 Å². The van der Waals surface area contributed by atoms with Crippen LogP contribution in [-0.2, 0) is 0 Å². The Morgan fingerprint density at radius 3 is 1.35 bits per heavy atom. The molecule has 0 spiro atoms. The van der Waals surface area contributed by atoms with Crippen LogP contribution >= 0.6 is 11.8 Å². The number of nitrogens with zero attached hydrogens (tertiary/aromatic N) is 2. The molecule has 188 valence electrons. The van der Waals surface area contributed by atoms with Gasteiger partial charge in [-0.15, -0.1) is 0 Å². The highest BCUT2D eigenvalue weighted by atomic mass is 32.2. The number of rotatable bonds is 8. The Hall–Kier alpha value is -4.77. The van der Waals surface area contributed by atoms with E-state index in [9.17, 15) is 20.2 Å². The van der Waals surface area contributed by atoms with Gasteiger partial charge >= 0.3 is 0 Å². The standard InChI is InChI=1S/C26H22N4O6S/c1-35-19-11-13-21(25(29(31)32)23(19)15-7-3-5-9-17(15)27)37-22-14-12-20(36-2)24(26(22)30(33)34)16-8-4-6-10-18(16)28/h3-14H,27-28H2,1-2H3. The number of hydrogen-bond acceptors (Lipinski definition) is 9. The summed E-state index contributed by atoms with van der Waals surface area (Å²) in [5.41, 5.74) is 13.5. The van der Waals surface area contributed by atoms with E-state index < -0.39 is 9.85 Å². The molecule has 0 radical (unpaired) electrons. The Bertz CT molecular complexity index is 1410. The zero-order valence-electron chi connectivity index (χ0n) is 19.8. The van der Waals surface area contributed by atoms with Gasteiger partial charge in [0.25, 0.3) is 11.4 Å². The second kappa shape index (κ2) is 10.5. The van der Waals surface area contributed by atoms with Crippen molar-refractivity contribution >= 4 is 34.5 Å². The van der Waals surface area contributed by atoms with Gasteiger partial charge in [-0.2, -0.15) is 0 Å². The molecule has 4 aromatic rings. The molecule has 0 aliphatic carbocycles. The monoisotopic (exact) mass is 518 g/mol. The van der Waals surface area contributed by atoms with Crippen LogP contribution in [0.4, 0.5) is 22.7 Å². The molecule has 0 aliphatic heterocycles. The highest BCUT2D eigenvalue weighted by Crippen LogP contribution is 2.51. The van der Waals surface area contributed by atoms with Gasteiger partial charge in [0, 0.05) is 22.5 Å². The lowest BCUT2D eigenvalue weighted by molar-refractivity contribution is -0.387. The van der Waals surface area contributed by atoms with E-state index in [1.54, 1.807) is 60.7 Å². The molecule has 0 saturated carbocycles. The smallest absolute Gasteiger partial charge is 0.294 e. The summed E-state index contributed by atoms with van der Waals surface area (Å²) in [6.07, 6.45) is 0. The Balaban J connectivity index is 1.99. The summed E-state index contributed by atoms with van der Waals surface area (Å²) < 4.78 is 10.9. The first-order valence-electron chi connectivity index (χ1n) is 10.9. The molecule has 37 heavy (non-hydrogen) atoms. The van der Waals surface area contributed by atoms with E-state index >= 15 is 0 Å². The molecular weight excluding hydrogens is 496 g/mol. The van der Waals surface area contributed by atoms with Crippen LogP contribution in [0.1, 0.15) is 0 Å². The number of nitrogens with two attached hydrogens (primary N) is 2. The molecule has 11 heteroatoms. The number of methoxy groups -OCH3 is 2. The first-order valence-corrected chi connectivity index (χ1v) is 11.7. The van der Waals surface area contributed by atoms with Crippen molar-refractivity contribution in [3.05, 3.63) is 93.0 Å². The minimum atomic E-state index is -0.544. The number of nitro groups is 2. The lowest BCUT2D eigenvalue weighted by atomic mass is 10.0. The van der Waals surface area contributed by atoms with E-state index in [2.05, 4.69) is 0 Å². The molecule has 0 fully saturated rings. The van der Waals surface area contributed by atoms with Gasteiger partial charge in [-0.1, -0.05) is 48.2 Å². The fourth-order valence-electron chi connectivity index (χ4n) is 4.06. The normalized spacial score (nSPS) is 10.6. The van der Waals surface area contributed by atoms with Crippen molar-refractivity contribution < 1.29 is 19.3 Å². The minimum absolute atomic E-state index is 0.171. The lowest BCUT2D eigenvalue weighted by Gasteiger charge is -2.16. The molecule has 10 nitrogen and oxygen atoms in total. The number of anilines is 2. The van der Waals surface area contributed by atoms with Gasteiger partial charge in [0.05, 0.1) is 33.9 Å². The summed E-state index contributed by atoms with van der Waals surface area (Å²) in [6.45, 7) is 0. The first kappa shape index (κ1) is 25.3. The van der Waals surface area contributed by atoms with E-state index in [4.69, 9.17) is 20.9 Å². The fraction of sp³-hybridized carbons (Fsp3) is 0.0769. The van der Waals surface area contributed by atoms with Crippen LogP contribution in [0.15, 0.2) is 82.6 Å². The van der Waals surface area contributed by atoms with Crippen molar-refractivity contribution in [2.24, 2.45) is 0 Å². The zero-order chi connectivity index (χ0) is 26.7.